The Morgan fingerprint density at radius 1 is 1.13 bits per heavy atom. The maximum atomic E-state index is 10.4. The van der Waals surface area contributed by atoms with Crippen LogP contribution in [0.25, 0.3) is 0 Å². The molecule has 0 spiro atoms. The Morgan fingerprint density at radius 3 is 2.30 bits per heavy atom. The van der Waals surface area contributed by atoms with Crippen molar-refractivity contribution in [1.29, 1.82) is 0 Å². The van der Waals surface area contributed by atoms with Crippen LogP contribution in [0.2, 0.25) is 0 Å². The van der Waals surface area contributed by atoms with Crippen molar-refractivity contribution in [3.05, 3.63) is 11.1 Å². The van der Waals surface area contributed by atoms with E-state index in [1.54, 1.807) is 11.3 Å². The molecule has 2 aliphatic rings. The summed E-state index contributed by atoms with van der Waals surface area (Å²) in [6.07, 6.45) is 2.33. The van der Waals surface area contributed by atoms with E-state index in [4.69, 9.17) is 0 Å². The lowest BCUT2D eigenvalue weighted by molar-refractivity contribution is 0.0597. The molecule has 2 saturated heterocycles. The smallest absolute Gasteiger partial charge is 0.185 e. The molecule has 130 valence electrons. The summed E-state index contributed by atoms with van der Waals surface area (Å²) in [6.45, 7) is 12.4. The fourth-order valence-electron chi connectivity index (χ4n) is 3.51. The fraction of sp³-hybridized carbons (Fsp3) is 0.824. The number of thiazole rings is 1. The van der Waals surface area contributed by atoms with Gasteiger partial charge in [0.25, 0.3) is 0 Å². The minimum absolute atomic E-state index is 0.225. The summed E-state index contributed by atoms with van der Waals surface area (Å²) >= 11 is 1.73. The van der Waals surface area contributed by atoms with Crippen molar-refractivity contribution in [2.75, 3.05) is 57.3 Å². The summed E-state index contributed by atoms with van der Waals surface area (Å²) in [6, 6.07) is 0. The summed E-state index contributed by atoms with van der Waals surface area (Å²) < 4.78 is 0. The highest BCUT2D eigenvalue weighted by molar-refractivity contribution is 7.13. The number of aromatic nitrogens is 1. The Bertz CT molecular complexity index is 479. The van der Waals surface area contributed by atoms with Crippen molar-refractivity contribution < 1.29 is 5.11 Å². The van der Waals surface area contributed by atoms with E-state index < -0.39 is 0 Å². The maximum absolute atomic E-state index is 10.4. The highest BCUT2D eigenvalue weighted by Gasteiger charge is 2.23. The number of aliphatic hydroxyl groups excluding tert-OH is 1. The Hall–Kier alpha value is -0.690. The van der Waals surface area contributed by atoms with E-state index in [1.165, 1.54) is 12.8 Å². The number of piperazine rings is 1. The molecule has 2 fully saturated rings. The number of hydrogen-bond acceptors (Lipinski definition) is 6. The van der Waals surface area contributed by atoms with Crippen molar-refractivity contribution in [3.63, 3.8) is 0 Å². The number of piperidine rings is 1. The molecule has 1 aromatic heterocycles. The van der Waals surface area contributed by atoms with Gasteiger partial charge >= 0.3 is 0 Å². The van der Waals surface area contributed by atoms with Gasteiger partial charge in [-0.25, -0.2) is 4.98 Å². The van der Waals surface area contributed by atoms with Crippen molar-refractivity contribution in [2.24, 2.45) is 5.92 Å². The zero-order valence-corrected chi connectivity index (χ0v) is 15.3. The lowest BCUT2D eigenvalue weighted by Gasteiger charge is -2.37. The second-order valence-corrected chi connectivity index (χ2v) is 8.03. The van der Waals surface area contributed by atoms with E-state index in [-0.39, 0.29) is 6.10 Å². The topological polar surface area (TPSA) is 42.8 Å². The molecule has 2 aliphatic heterocycles. The predicted octanol–water partition coefficient (Wildman–Crippen LogP) is 1.67. The number of rotatable bonds is 5. The second kappa shape index (κ2) is 7.92. The number of aryl methyl sites for hydroxylation is 1. The number of anilines is 1. The number of hydrogen-bond donors (Lipinski definition) is 1. The van der Waals surface area contributed by atoms with Gasteiger partial charge in [0.15, 0.2) is 5.13 Å². The van der Waals surface area contributed by atoms with Gasteiger partial charge in [-0.05, 0) is 38.8 Å². The molecule has 0 radical (unpaired) electrons. The monoisotopic (exact) mass is 338 g/mol. The molecule has 1 N–H and O–H groups in total. The van der Waals surface area contributed by atoms with E-state index in [1.807, 2.05) is 6.92 Å². The van der Waals surface area contributed by atoms with E-state index in [9.17, 15) is 5.11 Å². The van der Waals surface area contributed by atoms with Gasteiger partial charge in [-0.3, -0.25) is 4.90 Å². The molecular formula is C17H30N4OS. The van der Waals surface area contributed by atoms with Gasteiger partial charge < -0.3 is 14.9 Å². The molecule has 1 aromatic rings. The number of aliphatic hydroxyl groups is 1. The first kappa shape index (κ1) is 17.1. The van der Waals surface area contributed by atoms with E-state index in [0.29, 0.717) is 0 Å². The summed E-state index contributed by atoms with van der Waals surface area (Å²) in [5, 5.41) is 13.7. The molecule has 0 saturated carbocycles. The van der Waals surface area contributed by atoms with Crippen LogP contribution in [0.4, 0.5) is 5.13 Å². The van der Waals surface area contributed by atoms with Crippen molar-refractivity contribution in [1.82, 2.24) is 14.8 Å². The SMILES string of the molecule is Cc1csc(N2CCN(CC(O)CN3CCC(C)CC3)CC2)n1. The Labute approximate surface area is 143 Å². The van der Waals surface area contributed by atoms with Crippen LogP contribution in [0.1, 0.15) is 25.5 Å². The number of likely N-dealkylation sites (tertiary alicyclic amines) is 1. The first-order chi connectivity index (χ1) is 11.1. The second-order valence-electron chi connectivity index (χ2n) is 7.20. The minimum Gasteiger partial charge on any atom is -0.390 e. The van der Waals surface area contributed by atoms with Crippen LogP contribution in [0.5, 0.6) is 0 Å². The molecule has 1 unspecified atom stereocenters. The first-order valence-electron chi connectivity index (χ1n) is 8.90. The van der Waals surface area contributed by atoms with Gasteiger partial charge in [0.2, 0.25) is 0 Å². The summed E-state index contributed by atoms with van der Waals surface area (Å²) in [7, 11) is 0. The molecular weight excluding hydrogens is 308 g/mol. The number of β-amino-alcohol motifs (C(OH)–C–C–N with tert-alkyl or cyclic N) is 1. The van der Waals surface area contributed by atoms with Crippen LogP contribution in [0.15, 0.2) is 5.38 Å². The lowest BCUT2D eigenvalue weighted by atomic mass is 9.99. The van der Waals surface area contributed by atoms with Crippen LogP contribution in [-0.2, 0) is 0 Å². The summed E-state index contributed by atoms with van der Waals surface area (Å²) in [4.78, 5) is 11.8. The van der Waals surface area contributed by atoms with Gasteiger partial charge in [-0.2, -0.15) is 0 Å². The Kier molecular flexibility index (Phi) is 5.91. The molecule has 3 rings (SSSR count). The maximum Gasteiger partial charge on any atom is 0.185 e. The Balaban J connectivity index is 1.38. The average molecular weight is 339 g/mol. The largest absolute Gasteiger partial charge is 0.390 e. The lowest BCUT2D eigenvalue weighted by Crippen LogP contribution is -2.50. The third kappa shape index (κ3) is 4.89. The molecule has 1 atom stereocenters. The van der Waals surface area contributed by atoms with Crippen LogP contribution in [-0.4, -0.2) is 78.4 Å². The zero-order valence-electron chi connectivity index (χ0n) is 14.4. The standard InChI is InChI=1S/C17H30N4OS/c1-14-3-5-19(6-4-14)11-16(22)12-20-7-9-21(10-8-20)17-18-15(2)13-23-17/h13-14,16,22H,3-12H2,1-2H3. The zero-order chi connectivity index (χ0) is 16.2. The molecule has 23 heavy (non-hydrogen) atoms. The minimum atomic E-state index is -0.225. The third-order valence-corrected chi connectivity index (χ3v) is 6.08. The highest BCUT2D eigenvalue weighted by atomic mass is 32.1. The number of nitrogens with zero attached hydrogens (tertiary/aromatic N) is 4. The van der Waals surface area contributed by atoms with Crippen molar-refractivity contribution >= 4 is 16.5 Å². The molecule has 0 amide bonds. The van der Waals surface area contributed by atoms with Gasteiger partial charge in [0.1, 0.15) is 0 Å². The van der Waals surface area contributed by atoms with E-state index in [0.717, 1.165) is 69.1 Å². The van der Waals surface area contributed by atoms with Gasteiger partial charge in [-0.15, -0.1) is 11.3 Å². The van der Waals surface area contributed by atoms with Crippen LogP contribution in [0.3, 0.4) is 0 Å². The predicted molar refractivity (Wildman–Crippen MR) is 96.3 cm³/mol. The highest BCUT2D eigenvalue weighted by Crippen LogP contribution is 2.21. The molecule has 0 bridgehead atoms. The molecule has 0 aliphatic carbocycles. The third-order valence-electron chi connectivity index (χ3n) is 5.06. The van der Waals surface area contributed by atoms with Crippen molar-refractivity contribution in [2.45, 2.75) is 32.8 Å². The van der Waals surface area contributed by atoms with E-state index >= 15 is 0 Å². The van der Waals surface area contributed by atoms with Crippen LogP contribution < -0.4 is 4.90 Å². The average Bonchev–Trinajstić information content (AvgIpc) is 2.97. The fourth-order valence-corrected chi connectivity index (χ4v) is 4.36. The molecule has 3 heterocycles. The van der Waals surface area contributed by atoms with Crippen LogP contribution in [0, 0.1) is 12.8 Å². The van der Waals surface area contributed by atoms with Gasteiger partial charge in [0, 0.05) is 44.6 Å². The quantitative estimate of drug-likeness (QED) is 0.885. The van der Waals surface area contributed by atoms with E-state index in [2.05, 4.69) is 32.0 Å². The van der Waals surface area contributed by atoms with Gasteiger partial charge in [0.05, 0.1) is 11.8 Å². The van der Waals surface area contributed by atoms with Crippen molar-refractivity contribution in [3.8, 4) is 0 Å². The summed E-state index contributed by atoms with van der Waals surface area (Å²) in [5.74, 6) is 0.853. The summed E-state index contributed by atoms with van der Waals surface area (Å²) in [5.41, 5.74) is 1.11. The molecule has 5 nitrogen and oxygen atoms in total. The normalized spacial score (nSPS) is 23.3. The Morgan fingerprint density at radius 2 is 1.74 bits per heavy atom. The first-order valence-corrected chi connectivity index (χ1v) is 9.78. The van der Waals surface area contributed by atoms with Crippen LogP contribution >= 0.6 is 11.3 Å². The molecule has 6 heteroatoms. The molecule has 0 aromatic carbocycles. The van der Waals surface area contributed by atoms with Gasteiger partial charge in [-0.1, -0.05) is 6.92 Å².